The van der Waals surface area contributed by atoms with Crippen molar-refractivity contribution < 1.29 is 1.37 Å². The van der Waals surface area contributed by atoms with Crippen molar-refractivity contribution in [2.24, 2.45) is 0 Å². The van der Waals surface area contributed by atoms with Crippen molar-refractivity contribution in [1.29, 1.82) is 0 Å². The molecule has 0 N–H and O–H groups in total. The Morgan fingerprint density at radius 1 is 0.867 bits per heavy atom. The van der Waals surface area contributed by atoms with Crippen molar-refractivity contribution in [3.8, 4) is 0 Å². The van der Waals surface area contributed by atoms with Crippen molar-refractivity contribution >= 4 is 0 Å². The van der Waals surface area contributed by atoms with Crippen LogP contribution in [0.4, 0.5) is 0 Å². The third-order valence-electron chi connectivity index (χ3n) is 2.79. The largest absolute Gasteiger partial charge is 0.0617 e. The minimum Gasteiger partial charge on any atom is -0.0617 e. The van der Waals surface area contributed by atoms with E-state index < -0.39 is 0 Å². The summed E-state index contributed by atoms with van der Waals surface area (Å²) in [6, 6.07) is 6.46. The van der Waals surface area contributed by atoms with Crippen LogP contribution in [0.2, 0.25) is 0 Å². The Kier molecular flexibility index (Phi) is 2.62. The van der Waals surface area contributed by atoms with Gasteiger partial charge in [0, 0.05) is 1.37 Å². The number of hydrogen-bond donors (Lipinski definition) is 0. The van der Waals surface area contributed by atoms with Gasteiger partial charge in [-0.2, -0.15) is 0 Å². The van der Waals surface area contributed by atoms with Crippen molar-refractivity contribution in [3.63, 3.8) is 0 Å². The van der Waals surface area contributed by atoms with Gasteiger partial charge in [-0.3, -0.25) is 0 Å². The molecule has 0 nitrogen and oxygen atoms in total. The zero-order chi connectivity index (χ0) is 12.6. The molecule has 0 amide bonds. The summed E-state index contributed by atoms with van der Waals surface area (Å²) in [4.78, 5) is 0. The molecule has 1 aromatic carbocycles. The molecule has 0 unspecified atom stereocenters. The summed E-state index contributed by atoms with van der Waals surface area (Å²) in [5.74, 6) is 0. The van der Waals surface area contributed by atoms with Crippen molar-refractivity contribution in [1.82, 2.24) is 0 Å². The van der Waals surface area contributed by atoms with Crippen LogP contribution in [-0.4, -0.2) is 0 Å². The Morgan fingerprint density at radius 3 is 1.53 bits per heavy atom. The molecule has 0 aliphatic carbocycles. The first-order chi connectivity index (χ1) is 7.18. The summed E-state index contributed by atoms with van der Waals surface area (Å²) in [5.41, 5.74) is 4.09. The molecule has 0 bridgehead atoms. The third-order valence-corrected chi connectivity index (χ3v) is 2.79. The summed E-state index contributed by atoms with van der Waals surface area (Å²) in [6.07, 6.45) is 0. The van der Waals surface area contributed by atoms with E-state index in [1.165, 1.54) is 16.7 Å². The highest BCUT2D eigenvalue weighted by atomic mass is 14.3. The molecule has 0 heteroatoms. The molecule has 0 heterocycles. The molecule has 1 rings (SSSR count). The van der Waals surface area contributed by atoms with Gasteiger partial charge in [0.15, 0.2) is 0 Å². The van der Waals surface area contributed by atoms with Crippen LogP contribution in [0.3, 0.4) is 0 Å². The number of hydrogen-bond acceptors (Lipinski definition) is 0. The molecular weight excluding hydrogens is 180 g/mol. The fraction of sp³-hybridized carbons (Fsp3) is 0.600. The van der Waals surface area contributed by atoms with Gasteiger partial charge in [0.05, 0.1) is 0 Å². The highest BCUT2D eigenvalue weighted by Crippen LogP contribution is 2.32. The van der Waals surface area contributed by atoms with E-state index in [1.807, 2.05) is 0 Å². The molecule has 84 valence electrons. The van der Waals surface area contributed by atoms with E-state index in [0.717, 1.165) is 0 Å². The molecule has 0 aromatic heterocycles. The van der Waals surface area contributed by atoms with Crippen LogP contribution >= 0.6 is 0 Å². The predicted molar refractivity (Wildman–Crippen MR) is 68.6 cm³/mol. The first kappa shape index (κ1) is 10.7. The molecule has 0 aliphatic heterocycles. The van der Waals surface area contributed by atoms with Crippen LogP contribution in [0, 0.1) is 6.90 Å². The summed E-state index contributed by atoms with van der Waals surface area (Å²) < 4.78 is 7.79. The van der Waals surface area contributed by atoms with Gasteiger partial charge in [0.2, 0.25) is 0 Å². The monoisotopic (exact) mass is 205 g/mol. The Balaban J connectivity index is 3.45. The molecule has 1 aromatic rings. The SMILES string of the molecule is [2H]Cc1c(C(C)(C)C)cccc1C(C)(C)C. The molecule has 0 saturated carbocycles. The number of rotatable bonds is 0. The highest BCUT2D eigenvalue weighted by Gasteiger charge is 2.22. The zero-order valence-corrected chi connectivity index (χ0v) is 10.9. The molecule has 15 heavy (non-hydrogen) atoms. The lowest BCUT2D eigenvalue weighted by molar-refractivity contribution is 0.561. The third kappa shape index (κ3) is 2.62. The summed E-state index contributed by atoms with van der Waals surface area (Å²) >= 11 is 0. The van der Waals surface area contributed by atoms with Gasteiger partial charge in [0.1, 0.15) is 0 Å². The molecular formula is C15H24. The first-order valence-electron chi connectivity index (χ1n) is 6.30. The maximum Gasteiger partial charge on any atom is 0.0280 e. The van der Waals surface area contributed by atoms with E-state index in [-0.39, 0.29) is 10.8 Å². The Hall–Kier alpha value is -0.780. The Morgan fingerprint density at radius 2 is 1.27 bits per heavy atom. The second-order valence-electron chi connectivity index (χ2n) is 6.33. The normalized spacial score (nSPS) is 13.9. The topological polar surface area (TPSA) is 0 Å². The van der Waals surface area contributed by atoms with E-state index >= 15 is 0 Å². The summed E-state index contributed by atoms with van der Waals surface area (Å²) in [7, 11) is 0. The van der Waals surface area contributed by atoms with Gasteiger partial charge in [-0.15, -0.1) is 0 Å². The number of benzene rings is 1. The van der Waals surface area contributed by atoms with E-state index in [1.54, 1.807) is 0 Å². The molecule has 0 saturated heterocycles. The zero-order valence-electron chi connectivity index (χ0n) is 11.9. The van der Waals surface area contributed by atoms with Gasteiger partial charge in [-0.05, 0) is 34.4 Å². The molecule has 0 fully saturated rings. The molecule has 0 aliphatic rings. The van der Waals surface area contributed by atoms with E-state index in [9.17, 15) is 0 Å². The van der Waals surface area contributed by atoms with Crippen LogP contribution in [-0.2, 0) is 10.8 Å². The molecule has 0 spiro atoms. The lowest BCUT2D eigenvalue weighted by Gasteiger charge is -2.28. The van der Waals surface area contributed by atoms with Crippen molar-refractivity contribution in [2.45, 2.75) is 59.3 Å². The average molecular weight is 205 g/mol. The standard InChI is InChI=1S/C15H24/c1-11-12(14(2,3)4)9-8-10-13(11)15(5,6)7/h8-10H,1-7H3/i1D. The first-order valence-corrected chi connectivity index (χ1v) is 5.60. The van der Waals surface area contributed by atoms with Crippen molar-refractivity contribution in [3.05, 3.63) is 34.9 Å². The van der Waals surface area contributed by atoms with Gasteiger partial charge >= 0.3 is 0 Å². The summed E-state index contributed by atoms with van der Waals surface area (Å²) in [5, 5.41) is 0. The molecule has 0 radical (unpaired) electrons. The fourth-order valence-corrected chi connectivity index (χ4v) is 1.99. The van der Waals surface area contributed by atoms with E-state index in [0.29, 0.717) is 6.90 Å². The van der Waals surface area contributed by atoms with Crippen LogP contribution in [0.25, 0.3) is 0 Å². The highest BCUT2D eigenvalue weighted by molar-refractivity contribution is 5.41. The van der Waals surface area contributed by atoms with Crippen LogP contribution in [0.15, 0.2) is 18.2 Å². The predicted octanol–water partition coefficient (Wildman–Crippen LogP) is 4.59. The van der Waals surface area contributed by atoms with E-state index in [4.69, 9.17) is 1.37 Å². The van der Waals surface area contributed by atoms with E-state index in [2.05, 4.69) is 59.7 Å². The minimum atomic E-state index is 0.123. The lowest BCUT2D eigenvalue weighted by atomic mass is 9.77. The van der Waals surface area contributed by atoms with Gasteiger partial charge < -0.3 is 0 Å². The van der Waals surface area contributed by atoms with Crippen molar-refractivity contribution in [2.75, 3.05) is 0 Å². The fourth-order valence-electron chi connectivity index (χ4n) is 1.99. The maximum atomic E-state index is 7.79. The smallest absolute Gasteiger partial charge is 0.0280 e. The lowest BCUT2D eigenvalue weighted by Crippen LogP contribution is -2.19. The minimum absolute atomic E-state index is 0.123. The second-order valence-corrected chi connectivity index (χ2v) is 6.33. The Labute approximate surface area is 96.1 Å². The quantitative estimate of drug-likeness (QED) is 0.581. The van der Waals surface area contributed by atoms with Gasteiger partial charge in [-0.1, -0.05) is 59.7 Å². The maximum absolute atomic E-state index is 7.79. The van der Waals surface area contributed by atoms with Crippen LogP contribution < -0.4 is 0 Å². The average Bonchev–Trinajstić information content (AvgIpc) is 2.13. The second kappa shape index (κ2) is 3.66. The molecule has 0 atom stereocenters. The summed E-state index contributed by atoms with van der Waals surface area (Å²) in [6.45, 7) is 13.7. The van der Waals surface area contributed by atoms with Gasteiger partial charge in [0.25, 0.3) is 0 Å². The Bertz CT molecular complexity index is 332. The van der Waals surface area contributed by atoms with Crippen LogP contribution in [0.5, 0.6) is 0 Å². The van der Waals surface area contributed by atoms with Gasteiger partial charge in [-0.25, -0.2) is 0 Å². The van der Waals surface area contributed by atoms with Crippen LogP contribution in [0.1, 0.15) is 59.6 Å².